The number of hydrogen-bond donors (Lipinski definition) is 2. The Labute approximate surface area is 352 Å². The molecule has 9 heteroatoms. The van der Waals surface area contributed by atoms with Crippen molar-refractivity contribution in [1.29, 1.82) is 0 Å². The average molecular weight is 823 g/mol. The van der Waals surface area contributed by atoms with Crippen LogP contribution in [-0.2, 0) is 18.4 Å². The first-order valence-electron chi connectivity index (χ1n) is 23.5. The number of phosphoric ester groups is 1. The molecule has 0 heterocycles. The number of carbonyl (C=O) groups excluding carboxylic acids is 1. The second-order valence-electron chi connectivity index (χ2n) is 17.1. The summed E-state index contributed by atoms with van der Waals surface area (Å²) in [5, 5.41) is 13.7. The van der Waals surface area contributed by atoms with E-state index in [2.05, 4.69) is 49.5 Å². The minimum Gasteiger partial charge on any atom is -0.756 e. The Bertz CT molecular complexity index is 1070. The number of aliphatic hydroxyl groups excluding tert-OH is 1. The number of phosphoric acid groups is 1. The second kappa shape index (κ2) is 39.9. The van der Waals surface area contributed by atoms with E-state index < -0.39 is 26.6 Å². The molecule has 3 unspecified atom stereocenters. The third kappa shape index (κ3) is 42.4. The number of amides is 1. The summed E-state index contributed by atoms with van der Waals surface area (Å²) in [6, 6.07) is -0.933. The third-order valence-corrected chi connectivity index (χ3v) is 11.2. The van der Waals surface area contributed by atoms with E-state index in [1.807, 2.05) is 33.3 Å². The zero-order valence-corrected chi connectivity index (χ0v) is 38.7. The number of hydrogen-bond acceptors (Lipinski definition) is 6. The third-order valence-electron chi connectivity index (χ3n) is 10.3. The van der Waals surface area contributed by atoms with Gasteiger partial charge in [0, 0.05) is 6.42 Å². The quantitative estimate of drug-likeness (QED) is 0.0275. The van der Waals surface area contributed by atoms with Crippen LogP contribution in [0, 0.1) is 0 Å². The Morgan fingerprint density at radius 1 is 0.614 bits per heavy atom. The summed E-state index contributed by atoms with van der Waals surface area (Å²) in [4.78, 5) is 25.2. The predicted molar refractivity (Wildman–Crippen MR) is 242 cm³/mol. The standard InChI is InChI=1S/C48H91N2O6P/c1-6-8-10-12-14-16-18-20-21-22-23-24-25-26-27-28-30-31-33-35-37-39-41-47(51)46(45-56-57(53,54)55-44-43-50(3,4)5)49-48(52)42-40-38-36-34-32-29-19-17-15-13-11-9-7-2/h29,31-33,36,38-39,41,46-47,51H,6-28,30,34-35,37,40,42-45H2,1-5H3,(H-,49,52,53,54)/b32-29-,33-31+,38-36-,41-39+. The maximum atomic E-state index is 12.8. The van der Waals surface area contributed by atoms with Crippen molar-refractivity contribution in [2.24, 2.45) is 0 Å². The molecule has 0 aromatic heterocycles. The second-order valence-corrected chi connectivity index (χ2v) is 18.5. The number of carbonyl (C=O) groups is 1. The van der Waals surface area contributed by atoms with E-state index in [1.54, 1.807) is 6.08 Å². The van der Waals surface area contributed by atoms with Crippen molar-refractivity contribution in [3.05, 3.63) is 48.6 Å². The van der Waals surface area contributed by atoms with Crippen LogP contribution >= 0.6 is 7.82 Å². The number of unbranched alkanes of at least 4 members (excludes halogenated alkanes) is 23. The molecule has 1 amide bonds. The summed E-state index contributed by atoms with van der Waals surface area (Å²) in [6.45, 7) is 4.57. The van der Waals surface area contributed by atoms with E-state index in [4.69, 9.17) is 9.05 Å². The van der Waals surface area contributed by atoms with Crippen molar-refractivity contribution < 1.29 is 32.9 Å². The highest BCUT2D eigenvalue weighted by atomic mass is 31.2. The molecular formula is C48H91N2O6P. The summed E-state index contributed by atoms with van der Waals surface area (Å²) in [6.07, 6.45) is 50.5. The molecule has 8 nitrogen and oxygen atoms in total. The van der Waals surface area contributed by atoms with Crippen LogP contribution in [0.5, 0.6) is 0 Å². The normalized spacial score (nSPS) is 14.7. The first-order chi connectivity index (χ1) is 27.5. The van der Waals surface area contributed by atoms with Crippen LogP contribution in [0.4, 0.5) is 0 Å². The summed E-state index contributed by atoms with van der Waals surface area (Å²) in [7, 11) is 1.21. The van der Waals surface area contributed by atoms with Gasteiger partial charge in [0.1, 0.15) is 13.2 Å². The SMILES string of the molecule is CCCCCCCC/C=C\C/C=C\CCC(=O)NC(COP(=O)([O-])OCC[N+](C)(C)C)C(O)/C=C/CC/C=C/CCCCCCCCCCCCCCCCCC. The van der Waals surface area contributed by atoms with E-state index in [9.17, 15) is 19.4 Å². The van der Waals surface area contributed by atoms with Gasteiger partial charge in [0.15, 0.2) is 0 Å². The molecule has 0 aliphatic carbocycles. The molecule has 0 fully saturated rings. The Balaban J connectivity index is 4.45. The molecule has 0 bridgehead atoms. The molecule has 0 rings (SSSR count). The lowest BCUT2D eigenvalue weighted by molar-refractivity contribution is -0.870. The molecule has 0 radical (unpaired) electrons. The molecule has 57 heavy (non-hydrogen) atoms. The molecule has 0 spiro atoms. The van der Waals surface area contributed by atoms with Gasteiger partial charge in [-0.05, 0) is 51.4 Å². The van der Waals surface area contributed by atoms with Crippen molar-refractivity contribution in [2.45, 2.75) is 212 Å². The van der Waals surface area contributed by atoms with Gasteiger partial charge < -0.3 is 28.8 Å². The fourth-order valence-corrected chi connectivity index (χ4v) is 7.23. The molecule has 0 saturated carbocycles. The monoisotopic (exact) mass is 823 g/mol. The Morgan fingerprint density at radius 3 is 1.53 bits per heavy atom. The summed E-state index contributed by atoms with van der Waals surface area (Å²) < 4.78 is 23.1. The molecule has 334 valence electrons. The fourth-order valence-electron chi connectivity index (χ4n) is 6.51. The van der Waals surface area contributed by atoms with Crippen LogP contribution in [0.25, 0.3) is 0 Å². The molecule has 0 aromatic rings. The van der Waals surface area contributed by atoms with Crippen LogP contribution in [0.15, 0.2) is 48.6 Å². The number of nitrogens with one attached hydrogen (secondary N) is 1. The molecule has 0 aromatic carbocycles. The maximum Gasteiger partial charge on any atom is 0.268 e. The number of quaternary nitrogens is 1. The zero-order valence-electron chi connectivity index (χ0n) is 37.8. The predicted octanol–water partition coefficient (Wildman–Crippen LogP) is 12.6. The van der Waals surface area contributed by atoms with E-state index >= 15 is 0 Å². The van der Waals surface area contributed by atoms with Crippen LogP contribution < -0.4 is 10.2 Å². The first kappa shape index (κ1) is 55.5. The molecule has 3 atom stereocenters. The van der Waals surface area contributed by atoms with Crippen molar-refractivity contribution in [1.82, 2.24) is 5.32 Å². The van der Waals surface area contributed by atoms with E-state index in [0.29, 0.717) is 17.4 Å². The highest BCUT2D eigenvalue weighted by molar-refractivity contribution is 7.45. The van der Waals surface area contributed by atoms with Gasteiger partial charge in [-0.2, -0.15) is 0 Å². The fraction of sp³-hybridized carbons (Fsp3) is 0.812. The van der Waals surface area contributed by atoms with E-state index in [0.717, 1.165) is 32.1 Å². The van der Waals surface area contributed by atoms with Crippen molar-refractivity contribution >= 4 is 13.7 Å². The Kier molecular flexibility index (Phi) is 38.8. The van der Waals surface area contributed by atoms with Crippen molar-refractivity contribution in [3.8, 4) is 0 Å². The van der Waals surface area contributed by atoms with Gasteiger partial charge in [-0.3, -0.25) is 9.36 Å². The topological polar surface area (TPSA) is 108 Å². The smallest absolute Gasteiger partial charge is 0.268 e. The van der Waals surface area contributed by atoms with Gasteiger partial charge in [-0.25, -0.2) is 0 Å². The van der Waals surface area contributed by atoms with Crippen LogP contribution in [-0.4, -0.2) is 68.5 Å². The lowest BCUT2D eigenvalue weighted by Gasteiger charge is -2.29. The first-order valence-corrected chi connectivity index (χ1v) is 25.0. The Hall–Kier alpha value is -1.54. The number of aliphatic hydroxyl groups is 1. The number of likely N-dealkylation sites (N-methyl/N-ethyl adjacent to an activating group) is 1. The number of nitrogens with zero attached hydrogens (tertiary/aromatic N) is 1. The van der Waals surface area contributed by atoms with Gasteiger partial charge in [0.25, 0.3) is 7.82 Å². The highest BCUT2D eigenvalue weighted by Gasteiger charge is 2.23. The minimum atomic E-state index is -4.61. The number of allylic oxidation sites excluding steroid dienone is 7. The van der Waals surface area contributed by atoms with Crippen LogP contribution in [0.3, 0.4) is 0 Å². The Morgan fingerprint density at radius 2 is 1.04 bits per heavy atom. The summed E-state index contributed by atoms with van der Waals surface area (Å²) >= 11 is 0. The van der Waals surface area contributed by atoms with Crippen molar-refractivity contribution in [2.75, 3.05) is 40.9 Å². The summed E-state index contributed by atoms with van der Waals surface area (Å²) in [5.41, 5.74) is 0. The average Bonchev–Trinajstić information content (AvgIpc) is 3.16. The molecule has 0 aliphatic rings. The summed E-state index contributed by atoms with van der Waals surface area (Å²) in [5.74, 6) is -0.275. The van der Waals surface area contributed by atoms with Crippen molar-refractivity contribution in [3.63, 3.8) is 0 Å². The lowest BCUT2D eigenvalue weighted by Crippen LogP contribution is -2.45. The zero-order chi connectivity index (χ0) is 42.1. The molecule has 0 saturated heterocycles. The van der Waals surface area contributed by atoms with E-state index in [-0.39, 0.29) is 18.9 Å². The molecule has 0 aliphatic heterocycles. The minimum absolute atomic E-state index is 0.0165. The molecule has 2 N–H and O–H groups in total. The van der Waals surface area contributed by atoms with Crippen LogP contribution in [0.1, 0.15) is 200 Å². The maximum absolute atomic E-state index is 12.8. The van der Waals surface area contributed by atoms with Gasteiger partial charge >= 0.3 is 0 Å². The van der Waals surface area contributed by atoms with Crippen LogP contribution in [0.2, 0.25) is 0 Å². The van der Waals surface area contributed by atoms with Gasteiger partial charge in [-0.15, -0.1) is 0 Å². The largest absolute Gasteiger partial charge is 0.756 e. The van der Waals surface area contributed by atoms with Gasteiger partial charge in [-0.1, -0.05) is 191 Å². The van der Waals surface area contributed by atoms with Gasteiger partial charge in [0.05, 0.1) is 39.9 Å². The highest BCUT2D eigenvalue weighted by Crippen LogP contribution is 2.38. The number of rotatable bonds is 42. The van der Waals surface area contributed by atoms with E-state index in [1.165, 1.54) is 141 Å². The van der Waals surface area contributed by atoms with Gasteiger partial charge in [0.2, 0.25) is 5.91 Å². The molecular weight excluding hydrogens is 732 g/mol. The lowest BCUT2D eigenvalue weighted by atomic mass is 10.0.